The second-order valence-corrected chi connectivity index (χ2v) is 4.87. The summed E-state index contributed by atoms with van der Waals surface area (Å²) in [5.74, 6) is -0.945. The van der Waals surface area contributed by atoms with E-state index >= 15 is 0 Å². The predicted octanol–water partition coefficient (Wildman–Crippen LogP) is 4.74. The Morgan fingerprint density at radius 2 is 1.79 bits per heavy atom. The van der Waals surface area contributed by atoms with Gasteiger partial charge in [-0.1, -0.05) is 29.3 Å². The lowest BCUT2D eigenvalue weighted by molar-refractivity contribution is 0.0696. The first-order chi connectivity index (χ1) is 8.99. The maximum absolute atomic E-state index is 10.9. The fourth-order valence-electron chi connectivity index (χ4n) is 1.74. The number of aromatic carboxylic acids is 1. The zero-order valence-electron chi connectivity index (χ0n) is 10.1. The molecule has 0 saturated carbocycles. The van der Waals surface area contributed by atoms with Crippen molar-refractivity contribution >= 4 is 40.5 Å². The van der Waals surface area contributed by atoms with E-state index in [0.29, 0.717) is 21.3 Å². The highest BCUT2D eigenvalue weighted by Crippen LogP contribution is 2.32. The average Bonchev–Trinajstić information content (AvgIpc) is 2.33. The molecule has 0 radical (unpaired) electrons. The topological polar surface area (TPSA) is 49.3 Å². The maximum Gasteiger partial charge on any atom is 0.335 e. The molecule has 0 aliphatic rings. The smallest absolute Gasteiger partial charge is 0.335 e. The summed E-state index contributed by atoms with van der Waals surface area (Å²) >= 11 is 12.1. The van der Waals surface area contributed by atoms with Crippen LogP contribution in [0.4, 0.5) is 11.4 Å². The third-order valence-electron chi connectivity index (χ3n) is 2.69. The van der Waals surface area contributed by atoms with Gasteiger partial charge in [-0.3, -0.25) is 0 Å². The largest absolute Gasteiger partial charge is 0.478 e. The number of rotatable bonds is 3. The van der Waals surface area contributed by atoms with Crippen LogP contribution in [-0.4, -0.2) is 11.1 Å². The van der Waals surface area contributed by atoms with Gasteiger partial charge in [-0.05, 0) is 42.8 Å². The second-order valence-electron chi connectivity index (χ2n) is 4.06. The van der Waals surface area contributed by atoms with Crippen LogP contribution in [-0.2, 0) is 0 Å². The van der Waals surface area contributed by atoms with Gasteiger partial charge in [0.25, 0.3) is 0 Å². The van der Waals surface area contributed by atoms with Crippen molar-refractivity contribution in [3.63, 3.8) is 0 Å². The van der Waals surface area contributed by atoms with Gasteiger partial charge >= 0.3 is 5.97 Å². The first kappa shape index (κ1) is 13.7. The van der Waals surface area contributed by atoms with Crippen LogP contribution in [0.5, 0.6) is 0 Å². The van der Waals surface area contributed by atoms with Crippen molar-refractivity contribution in [3.05, 3.63) is 57.6 Å². The molecule has 0 spiro atoms. The first-order valence-corrected chi connectivity index (χ1v) is 6.29. The number of hydrogen-bond acceptors (Lipinski definition) is 2. The lowest BCUT2D eigenvalue weighted by Gasteiger charge is -2.11. The van der Waals surface area contributed by atoms with Crippen molar-refractivity contribution in [3.8, 4) is 0 Å². The summed E-state index contributed by atoms with van der Waals surface area (Å²) in [5, 5.41) is 13.1. The molecular formula is C14H11Cl2NO2. The summed E-state index contributed by atoms with van der Waals surface area (Å²) in [5.41, 5.74) is 2.28. The van der Waals surface area contributed by atoms with E-state index in [0.717, 1.165) is 5.69 Å². The van der Waals surface area contributed by atoms with Gasteiger partial charge in [-0.15, -0.1) is 0 Å². The molecule has 0 amide bonds. The number of carboxylic acids is 1. The molecule has 2 aromatic carbocycles. The molecule has 98 valence electrons. The van der Waals surface area contributed by atoms with E-state index in [1.165, 1.54) is 0 Å². The summed E-state index contributed by atoms with van der Waals surface area (Å²) in [7, 11) is 0. The Morgan fingerprint density at radius 1 is 1.16 bits per heavy atom. The van der Waals surface area contributed by atoms with Gasteiger partial charge in [0.2, 0.25) is 0 Å². The van der Waals surface area contributed by atoms with Gasteiger partial charge in [0.1, 0.15) is 0 Å². The van der Waals surface area contributed by atoms with Gasteiger partial charge in [0.15, 0.2) is 0 Å². The van der Waals surface area contributed by atoms with Crippen molar-refractivity contribution in [1.82, 2.24) is 0 Å². The minimum absolute atomic E-state index is 0.274. The van der Waals surface area contributed by atoms with Crippen LogP contribution in [0.3, 0.4) is 0 Å². The lowest BCUT2D eigenvalue weighted by Crippen LogP contribution is -2.00. The summed E-state index contributed by atoms with van der Waals surface area (Å²) in [6.45, 7) is 1.74. The van der Waals surface area contributed by atoms with Crippen molar-refractivity contribution in [1.29, 1.82) is 0 Å². The van der Waals surface area contributed by atoms with E-state index in [2.05, 4.69) is 5.32 Å². The highest BCUT2D eigenvalue weighted by Gasteiger charge is 2.09. The number of hydrogen-bond donors (Lipinski definition) is 2. The Hall–Kier alpha value is -1.71. The van der Waals surface area contributed by atoms with Crippen molar-refractivity contribution in [2.24, 2.45) is 0 Å². The molecule has 0 saturated heterocycles. The van der Waals surface area contributed by atoms with E-state index in [1.54, 1.807) is 43.3 Å². The fourth-order valence-corrected chi connectivity index (χ4v) is 2.23. The van der Waals surface area contributed by atoms with Crippen LogP contribution in [0.1, 0.15) is 15.9 Å². The molecule has 0 unspecified atom stereocenters. The molecule has 0 aliphatic carbocycles. The highest BCUT2D eigenvalue weighted by molar-refractivity contribution is 6.39. The maximum atomic E-state index is 10.9. The van der Waals surface area contributed by atoms with E-state index in [1.807, 2.05) is 0 Å². The molecule has 2 aromatic rings. The number of carboxylic acid groups (broad SMARTS) is 1. The minimum Gasteiger partial charge on any atom is -0.478 e. The molecule has 5 heteroatoms. The number of benzene rings is 2. The highest BCUT2D eigenvalue weighted by atomic mass is 35.5. The quantitative estimate of drug-likeness (QED) is 0.859. The Labute approximate surface area is 120 Å². The van der Waals surface area contributed by atoms with Gasteiger partial charge in [0, 0.05) is 5.69 Å². The van der Waals surface area contributed by atoms with Crippen LogP contribution >= 0.6 is 23.2 Å². The van der Waals surface area contributed by atoms with Crippen LogP contribution < -0.4 is 5.32 Å². The summed E-state index contributed by atoms with van der Waals surface area (Å²) in [6, 6.07) is 10.2. The number of aryl methyl sites for hydroxylation is 1. The Balaban J connectivity index is 2.34. The Kier molecular flexibility index (Phi) is 3.98. The monoisotopic (exact) mass is 295 g/mol. The molecule has 0 aliphatic heterocycles. The van der Waals surface area contributed by atoms with Crippen molar-refractivity contribution in [2.75, 3.05) is 5.32 Å². The van der Waals surface area contributed by atoms with Crippen LogP contribution in [0.15, 0.2) is 36.4 Å². The van der Waals surface area contributed by atoms with E-state index in [4.69, 9.17) is 28.3 Å². The Bertz CT molecular complexity index is 621. The molecule has 0 fully saturated rings. The van der Waals surface area contributed by atoms with Crippen molar-refractivity contribution < 1.29 is 9.90 Å². The van der Waals surface area contributed by atoms with Gasteiger partial charge in [0.05, 0.1) is 21.3 Å². The molecular weight excluding hydrogens is 285 g/mol. The predicted molar refractivity (Wildman–Crippen MR) is 77.9 cm³/mol. The van der Waals surface area contributed by atoms with Crippen LogP contribution in [0, 0.1) is 6.92 Å². The molecule has 3 nitrogen and oxygen atoms in total. The zero-order valence-corrected chi connectivity index (χ0v) is 11.6. The Morgan fingerprint density at radius 3 is 2.32 bits per heavy atom. The normalized spacial score (nSPS) is 10.3. The molecule has 0 heterocycles. The van der Waals surface area contributed by atoms with Gasteiger partial charge in [-0.25, -0.2) is 4.79 Å². The SMILES string of the molecule is Cc1cc(Nc2c(Cl)cccc2Cl)ccc1C(=O)O. The number of anilines is 2. The zero-order chi connectivity index (χ0) is 14.0. The summed E-state index contributed by atoms with van der Waals surface area (Å²) in [4.78, 5) is 10.9. The minimum atomic E-state index is -0.945. The fraction of sp³-hybridized carbons (Fsp3) is 0.0714. The van der Waals surface area contributed by atoms with E-state index in [9.17, 15) is 4.79 Å². The third-order valence-corrected chi connectivity index (χ3v) is 3.32. The van der Waals surface area contributed by atoms with Crippen LogP contribution in [0.2, 0.25) is 10.0 Å². The number of carbonyl (C=O) groups is 1. The molecule has 0 atom stereocenters. The molecule has 2 rings (SSSR count). The first-order valence-electron chi connectivity index (χ1n) is 5.54. The number of halogens is 2. The average molecular weight is 296 g/mol. The van der Waals surface area contributed by atoms with Gasteiger partial charge < -0.3 is 10.4 Å². The standard InChI is InChI=1S/C14H11Cl2NO2/c1-8-7-9(5-6-10(8)14(18)19)17-13-11(15)3-2-4-12(13)16/h2-7,17H,1H3,(H,18,19). The lowest BCUT2D eigenvalue weighted by atomic mass is 10.1. The van der Waals surface area contributed by atoms with E-state index < -0.39 is 5.97 Å². The van der Waals surface area contributed by atoms with E-state index in [-0.39, 0.29) is 5.56 Å². The molecule has 0 aromatic heterocycles. The summed E-state index contributed by atoms with van der Waals surface area (Å²) < 4.78 is 0. The third kappa shape index (κ3) is 3.00. The van der Waals surface area contributed by atoms with Gasteiger partial charge in [-0.2, -0.15) is 0 Å². The second kappa shape index (κ2) is 5.51. The number of para-hydroxylation sites is 1. The number of nitrogens with one attached hydrogen (secondary N) is 1. The molecule has 19 heavy (non-hydrogen) atoms. The van der Waals surface area contributed by atoms with Crippen molar-refractivity contribution in [2.45, 2.75) is 6.92 Å². The summed E-state index contributed by atoms with van der Waals surface area (Å²) in [6.07, 6.45) is 0. The molecule has 0 bridgehead atoms. The van der Waals surface area contributed by atoms with Crippen LogP contribution in [0.25, 0.3) is 0 Å². The molecule has 2 N–H and O–H groups in total.